The molecule has 0 spiro atoms. The van der Waals surface area contributed by atoms with Crippen LogP contribution in [0.25, 0.3) is 0 Å². The molecule has 3 rings (SSSR count). The van der Waals surface area contributed by atoms with Gasteiger partial charge in [-0.05, 0) is 11.6 Å². The average molecular weight is 412 g/mol. The van der Waals surface area contributed by atoms with E-state index in [0.29, 0.717) is 23.8 Å². The molecule has 0 aliphatic heterocycles. The molecule has 0 saturated heterocycles. The van der Waals surface area contributed by atoms with Crippen molar-refractivity contribution in [3.63, 3.8) is 0 Å². The minimum Gasteiger partial charge on any atom is -0.493 e. The SMILES string of the molecule is COc1cccc(CN(C)C(=O)CSc2nccn2Cc2ccccc2)c1OC. The number of benzene rings is 2. The topological polar surface area (TPSA) is 56.6 Å². The summed E-state index contributed by atoms with van der Waals surface area (Å²) in [5.74, 6) is 1.65. The summed E-state index contributed by atoms with van der Waals surface area (Å²) < 4.78 is 12.8. The van der Waals surface area contributed by atoms with Crippen LogP contribution in [0.15, 0.2) is 66.1 Å². The highest BCUT2D eigenvalue weighted by Crippen LogP contribution is 2.31. The van der Waals surface area contributed by atoms with E-state index in [0.717, 1.165) is 17.3 Å². The van der Waals surface area contributed by atoms with E-state index in [9.17, 15) is 4.79 Å². The van der Waals surface area contributed by atoms with Crippen molar-refractivity contribution < 1.29 is 14.3 Å². The maximum atomic E-state index is 12.7. The zero-order valence-electron chi connectivity index (χ0n) is 16.9. The summed E-state index contributed by atoms with van der Waals surface area (Å²) in [6, 6.07) is 15.9. The molecule has 0 N–H and O–H groups in total. The van der Waals surface area contributed by atoms with Crippen LogP contribution in [-0.2, 0) is 17.9 Å². The number of rotatable bonds is 9. The number of carbonyl (C=O) groups is 1. The Hall–Kier alpha value is -2.93. The lowest BCUT2D eigenvalue weighted by atomic mass is 10.1. The van der Waals surface area contributed by atoms with Gasteiger partial charge in [-0.25, -0.2) is 4.98 Å². The highest BCUT2D eigenvalue weighted by molar-refractivity contribution is 7.99. The first-order valence-corrected chi connectivity index (χ1v) is 10.2. The second-order valence-corrected chi connectivity index (χ2v) is 7.46. The lowest BCUT2D eigenvalue weighted by Crippen LogP contribution is -2.28. The van der Waals surface area contributed by atoms with Crippen molar-refractivity contribution in [3.05, 3.63) is 72.1 Å². The van der Waals surface area contributed by atoms with Gasteiger partial charge >= 0.3 is 0 Å². The van der Waals surface area contributed by atoms with Crippen LogP contribution in [0, 0.1) is 0 Å². The molecule has 0 atom stereocenters. The molecule has 6 nitrogen and oxygen atoms in total. The van der Waals surface area contributed by atoms with Gasteiger partial charge in [-0.2, -0.15) is 0 Å². The summed E-state index contributed by atoms with van der Waals surface area (Å²) in [5.41, 5.74) is 2.10. The molecule has 1 amide bonds. The molecule has 0 radical (unpaired) electrons. The summed E-state index contributed by atoms with van der Waals surface area (Å²) >= 11 is 1.44. The van der Waals surface area contributed by atoms with Crippen LogP contribution in [0.1, 0.15) is 11.1 Å². The fraction of sp³-hybridized carbons (Fsp3) is 0.273. The Morgan fingerprint density at radius 3 is 2.62 bits per heavy atom. The van der Waals surface area contributed by atoms with Gasteiger partial charge in [0.05, 0.1) is 20.0 Å². The highest BCUT2D eigenvalue weighted by Gasteiger charge is 2.16. The third-order valence-corrected chi connectivity index (χ3v) is 5.50. The van der Waals surface area contributed by atoms with E-state index in [4.69, 9.17) is 9.47 Å². The molecule has 0 aliphatic rings. The third kappa shape index (κ3) is 5.32. The minimum absolute atomic E-state index is 0.0223. The molecule has 0 aliphatic carbocycles. The molecule has 0 bridgehead atoms. The Labute approximate surface area is 175 Å². The molecule has 2 aromatic carbocycles. The summed E-state index contributed by atoms with van der Waals surface area (Å²) in [7, 11) is 4.99. The number of hydrogen-bond acceptors (Lipinski definition) is 5. The molecule has 1 aromatic heterocycles. The molecule has 0 saturated carbocycles. The number of methoxy groups -OCH3 is 2. The minimum atomic E-state index is 0.0223. The summed E-state index contributed by atoms with van der Waals surface area (Å²) in [5, 5.41) is 0.828. The number of nitrogens with zero attached hydrogens (tertiary/aromatic N) is 3. The van der Waals surface area contributed by atoms with Gasteiger partial charge in [-0.3, -0.25) is 4.79 Å². The van der Waals surface area contributed by atoms with Crippen LogP contribution < -0.4 is 9.47 Å². The second kappa shape index (κ2) is 10.0. The number of aromatic nitrogens is 2. The number of ether oxygens (including phenoxy) is 2. The first-order chi connectivity index (χ1) is 14.1. The maximum absolute atomic E-state index is 12.7. The number of para-hydroxylation sites is 1. The molecule has 152 valence electrons. The van der Waals surface area contributed by atoms with Gasteiger partial charge in [-0.1, -0.05) is 54.2 Å². The van der Waals surface area contributed by atoms with Gasteiger partial charge in [0, 0.05) is 38.1 Å². The number of thioether (sulfide) groups is 1. The van der Waals surface area contributed by atoms with E-state index in [2.05, 4.69) is 21.7 Å². The lowest BCUT2D eigenvalue weighted by molar-refractivity contribution is -0.127. The fourth-order valence-electron chi connectivity index (χ4n) is 2.99. The molecule has 0 fully saturated rings. The van der Waals surface area contributed by atoms with Gasteiger partial charge < -0.3 is 18.9 Å². The van der Waals surface area contributed by atoms with Gasteiger partial charge in [0.15, 0.2) is 16.7 Å². The van der Waals surface area contributed by atoms with Crippen LogP contribution in [0.5, 0.6) is 11.5 Å². The van der Waals surface area contributed by atoms with Crippen molar-refractivity contribution in [2.45, 2.75) is 18.2 Å². The average Bonchev–Trinajstić information content (AvgIpc) is 3.19. The van der Waals surface area contributed by atoms with Gasteiger partial charge in [0.25, 0.3) is 0 Å². The van der Waals surface area contributed by atoms with Crippen molar-refractivity contribution >= 4 is 17.7 Å². The first kappa shape index (κ1) is 20.8. The number of hydrogen-bond donors (Lipinski definition) is 0. The van der Waals surface area contributed by atoms with E-state index in [-0.39, 0.29) is 5.91 Å². The van der Waals surface area contributed by atoms with Crippen molar-refractivity contribution in [3.8, 4) is 11.5 Å². The van der Waals surface area contributed by atoms with E-state index < -0.39 is 0 Å². The van der Waals surface area contributed by atoms with Crippen molar-refractivity contribution in [1.82, 2.24) is 14.5 Å². The van der Waals surface area contributed by atoms with Gasteiger partial charge in [-0.15, -0.1) is 0 Å². The summed E-state index contributed by atoms with van der Waals surface area (Å²) in [4.78, 5) is 18.7. The van der Waals surface area contributed by atoms with Crippen LogP contribution in [0.2, 0.25) is 0 Å². The number of imidazole rings is 1. The zero-order valence-corrected chi connectivity index (χ0v) is 17.7. The van der Waals surface area contributed by atoms with E-state index in [1.54, 1.807) is 32.4 Å². The van der Waals surface area contributed by atoms with Crippen molar-refractivity contribution in [2.24, 2.45) is 0 Å². The summed E-state index contributed by atoms with van der Waals surface area (Å²) in [6.07, 6.45) is 3.70. The fourth-order valence-corrected chi connectivity index (χ4v) is 3.89. The quantitative estimate of drug-likeness (QED) is 0.503. The molecule has 0 unspecified atom stereocenters. The Morgan fingerprint density at radius 1 is 1.10 bits per heavy atom. The number of amides is 1. The van der Waals surface area contributed by atoms with Crippen LogP contribution in [-0.4, -0.2) is 47.4 Å². The van der Waals surface area contributed by atoms with Gasteiger partial charge in [0.1, 0.15) is 0 Å². The lowest BCUT2D eigenvalue weighted by Gasteiger charge is -2.20. The molecule has 7 heteroatoms. The molecular weight excluding hydrogens is 386 g/mol. The van der Waals surface area contributed by atoms with Crippen LogP contribution in [0.3, 0.4) is 0 Å². The normalized spacial score (nSPS) is 10.6. The van der Waals surface area contributed by atoms with Crippen LogP contribution in [0.4, 0.5) is 0 Å². The van der Waals surface area contributed by atoms with E-state index in [1.165, 1.54) is 17.3 Å². The largest absolute Gasteiger partial charge is 0.493 e. The smallest absolute Gasteiger partial charge is 0.233 e. The van der Waals surface area contributed by atoms with Crippen LogP contribution >= 0.6 is 11.8 Å². The number of carbonyl (C=O) groups excluding carboxylic acids is 1. The first-order valence-electron chi connectivity index (χ1n) is 9.24. The molecule has 29 heavy (non-hydrogen) atoms. The Kier molecular flexibility index (Phi) is 7.19. The third-order valence-electron chi connectivity index (χ3n) is 4.52. The van der Waals surface area contributed by atoms with Gasteiger partial charge in [0.2, 0.25) is 5.91 Å². The van der Waals surface area contributed by atoms with E-state index >= 15 is 0 Å². The van der Waals surface area contributed by atoms with E-state index in [1.807, 2.05) is 42.6 Å². The second-order valence-electron chi connectivity index (χ2n) is 6.51. The zero-order chi connectivity index (χ0) is 20.6. The molecular formula is C22H25N3O3S. The predicted octanol–water partition coefficient (Wildman–Crippen LogP) is 3.70. The molecule has 1 heterocycles. The van der Waals surface area contributed by atoms with Crippen molar-refractivity contribution in [2.75, 3.05) is 27.0 Å². The Morgan fingerprint density at radius 2 is 1.90 bits per heavy atom. The monoisotopic (exact) mass is 411 g/mol. The Balaban J connectivity index is 1.60. The maximum Gasteiger partial charge on any atom is 0.233 e. The Bertz CT molecular complexity index is 943. The molecule has 3 aromatic rings. The van der Waals surface area contributed by atoms with Crippen molar-refractivity contribution in [1.29, 1.82) is 0 Å². The standard InChI is InChI=1S/C22H25N3O3S/c1-24(15-18-10-7-11-19(27-2)21(18)28-3)20(26)16-29-22-23-12-13-25(22)14-17-8-5-4-6-9-17/h4-13H,14-16H2,1-3H3. The predicted molar refractivity (Wildman–Crippen MR) is 115 cm³/mol. The highest BCUT2D eigenvalue weighted by atomic mass is 32.2. The summed E-state index contributed by atoms with van der Waals surface area (Å²) in [6.45, 7) is 1.17.